The summed E-state index contributed by atoms with van der Waals surface area (Å²) in [6, 6.07) is 18.6. The van der Waals surface area contributed by atoms with E-state index in [4.69, 9.17) is 9.72 Å². The average molecular weight is 561 g/mol. The molecule has 0 saturated carbocycles. The molecule has 12 heteroatoms. The lowest BCUT2D eigenvalue weighted by molar-refractivity contribution is -0.0507. The van der Waals surface area contributed by atoms with Crippen molar-refractivity contribution in [2.24, 2.45) is 0 Å². The van der Waals surface area contributed by atoms with Gasteiger partial charge in [-0.05, 0) is 60.0 Å². The van der Waals surface area contributed by atoms with Crippen molar-refractivity contribution in [3.05, 3.63) is 89.1 Å². The molecule has 0 spiro atoms. The van der Waals surface area contributed by atoms with Crippen molar-refractivity contribution in [2.75, 3.05) is 0 Å². The zero-order valence-corrected chi connectivity index (χ0v) is 24.1. The van der Waals surface area contributed by atoms with Gasteiger partial charge in [0.25, 0.3) is 5.91 Å². The van der Waals surface area contributed by atoms with Crippen LogP contribution in [0.5, 0.6) is 5.75 Å². The van der Waals surface area contributed by atoms with Crippen LogP contribution in [0.2, 0.25) is 0 Å². The molecule has 2 aliphatic heterocycles. The zero-order chi connectivity index (χ0) is 29.5. The number of aromatic amines is 1. The van der Waals surface area contributed by atoms with Gasteiger partial charge in [0.2, 0.25) is 0 Å². The molecule has 2 aromatic heterocycles. The second-order valence-corrected chi connectivity index (χ2v) is 12.1. The first-order valence-electron chi connectivity index (χ1n) is 14.1. The van der Waals surface area contributed by atoms with Gasteiger partial charge in [-0.2, -0.15) is 8.78 Å². The molecule has 4 heterocycles. The van der Waals surface area contributed by atoms with Crippen LogP contribution in [0.1, 0.15) is 51.8 Å². The molecule has 2 bridgehead atoms. The Bertz CT molecular complexity index is 1880. The van der Waals surface area contributed by atoms with Gasteiger partial charge in [0.1, 0.15) is 40.9 Å². The molecule has 0 fully saturated rings. The summed E-state index contributed by atoms with van der Waals surface area (Å²) in [6.45, 7) is 0.927. The number of hydrogen-bond donors (Lipinski definition) is 1. The smallest absolute Gasteiger partial charge is 0.387 e. The molecule has 7 rings (SSSR count). The molecule has 2 atom stereocenters. The summed E-state index contributed by atoms with van der Waals surface area (Å²) in [5.74, 6) is 1.46. The van der Waals surface area contributed by atoms with Gasteiger partial charge in [-0.3, -0.25) is 4.79 Å². The molecule has 5 aromatic rings. The predicted molar refractivity (Wildman–Crippen MR) is 165 cm³/mol. The number of rotatable bonds is 5. The van der Waals surface area contributed by atoms with Gasteiger partial charge in [0.05, 0.1) is 34.5 Å². The Kier molecular flexibility index (Phi) is 5.91. The maximum absolute atomic E-state index is 14.0. The molecule has 1 N–H and O–H groups in total. The summed E-state index contributed by atoms with van der Waals surface area (Å²) < 4.78 is 34.2. The van der Waals surface area contributed by atoms with E-state index >= 15 is 0 Å². The van der Waals surface area contributed by atoms with Crippen molar-refractivity contribution in [2.45, 2.75) is 44.2 Å². The molecule has 0 radical (unpaired) electrons. The second kappa shape index (κ2) is 9.34. The SMILES string of the molecule is BC(B)(B)N1C(=O)c2cccc(OC(F)F)c2[C@H]2C[C@@H]1c1nc3ccc(-c4ccc(-c5[nH]c(C)nc5C)cc4)cc3n12. The summed E-state index contributed by atoms with van der Waals surface area (Å²) in [5, 5.41) is -0.529. The normalized spacial score (nSPS) is 17.9. The van der Waals surface area contributed by atoms with Crippen LogP contribution < -0.4 is 4.74 Å². The number of nitrogens with zero attached hydrogens (tertiary/aromatic N) is 4. The third-order valence-corrected chi connectivity index (χ3v) is 8.38. The van der Waals surface area contributed by atoms with Crippen LogP contribution in [0.25, 0.3) is 33.4 Å². The minimum atomic E-state index is -3.01. The first-order valence-corrected chi connectivity index (χ1v) is 14.1. The van der Waals surface area contributed by atoms with E-state index in [1.54, 1.807) is 12.1 Å². The maximum Gasteiger partial charge on any atom is 0.387 e. The third-order valence-electron chi connectivity index (χ3n) is 8.38. The van der Waals surface area contributed by atoms with E-state index in [0.717, 1.165) is 50.8 Å². The molecule has 2 aliphatic rings. The van der Waals surface area contributed by atoms with E-state index in [9.17, 15) is 13.6 Å². The van der Waals surface area contributed by atoms with Crippen LogP contribution in [0.4, 0.5) is 8.78 Å². The Morgan fingerprint density at radius 3 is 2.36 bits per heavy atom. The molecule has 0 aliphatic carbocycles. The number of nitrogens with one attached hydrogen (secondary N) is 1. The fraction of sp³-hybridized carbons (Fsp3) is 0.233. The number of fused-ring (bicyclic) bond motifs is 9. The number of benzene rings is 3. The molecule has 1 amide bonds. The largest absolute Gasteiger partial charge is 0.434 e. The maximum atomic E-state index is 14.0. The Morgan fingerprint density at radius 2 is 1.69 bits per heavy atom. The van der Waals surface area contributed by atoms with Crippen molar-refractivity contribution >= 4 is 40.5 Å². The van der Waals surface area contributed by atoms with Crippen molar-refractivity contribution in [3.63, 3.8) is 0 Å². The standard InChI is InChI=1S/C30H28B3F2N5O2/c1-14-26(37-15(2)36-14)17-8-6-16(7-9-17)18-10-11-20-21(12-18)39-22-13-23(27(39)38-20)40(30(31,32)33)28(41)19-4-3-5-24(25(19)22)42-29(34)35/h3-12,22-23,29H,13,31-33H2,1-2H3,(H,36,37)/t22-,23-/m1/s1. The molecule has 42 heavy (non-hydrogen) atoms. The quantitative estimate of drug-likeness (QED) is 0.335. The molecule has 0 unspecified atom stereocenters. The minimum absolute atomic E-state index is 0.0288. The van der Waals surface area contributed by atoms with Gasteiger partial charge in [-0.25, -0.2) is 9.97 Å². The summed E-state index contributed by atoms with van der Waals surface area (Å²) in [6.07, 6.45) is 0.528. The minimum Gasteiger partial charge on any atom is -0.434 e. The Balaban J connectivity index is 1.38. The van der Waals surface area contributed by atoms with Crippen LogP contribution >= 0.6 is 0 Å². The number of imidazole rings is 2. The highest BCUT2D eigenvalue weighted by atomic mass is 19.3. The summed E-state index contributed by atoms with van der Waals surface area (Å²) in [5.41, 5.74) is 7.62. The van der Waals surface area contributed by atoms with Crippen LogP contribution in [-0.4, -0.2) is 65.7 Å². The van der Waals surface area contributed by atoms with Crippen LogP contribution in [0.3, 0.4) is 0 Å². The second-order valence-electron chi connectivity index (χ2n) is 12.1. The number of carbonyl (C=O) groups excluding carboxylic acids is 1. The summed E-state index contributed by atoms with van der Waals surface area (Å²) in [4.78, 5) is 28.6. The van der Waals surface area contributed by atoms with Crippen molar-refractivity contribution in [1.29, 1.82) is 0 Å². The first kappa shape index (κ1) is 26.6. The number of alkyl halides is 2. The summed E-state index contributed by atoms with van der Waals surface area (Å²) >= 11 is 0. The van der Waals surface area contributed by atoms with Gasteiger partial charge >= 0.3 is 6.61 Å². The van der Waals surface area contributed by atoms with E-state index < -0.39 is 11.8 Å². The van der Waals surface area contributed by atoms with Crippen molar-refractivity contribution < 1.29 is 18.3 Å². The van der Waals surface area contributed by atoms with Gasteiger partial charge in [-0.15, -0.1) is 0 Å². The monoisotopic (exact) mass is 561 g/mol. The topological polar surface area (TPSA) is 76.0 Å². The number of halogens is 2. The Labute approximate surface area is 244 Å². The van der Waals surface area contributed by atoms with Gasteiger partial charge in [0.15, 0.2) is 0 Å². The Morgan fingerprint density at radius 1 is 0.976 bits per heavy atom. The first-order chi connectivity index (χ1) is 20.0. The fourth-order valence-electron chi connectivity index (χ4n) is 6.78. The lowest BCUT2D eigenvalue weighted by Gasteiger charge is -2.40. The van der Waals surface area contributed by atoms with E-state index in [2.05, 4.69) is 44.9 Å². The van der Waals surface area contributed by atoms with Crippen molar-refractivity contribution in [1.82, 2.24) is 24.4 Å². The highest BCUT2D eigenvalue weighted by Gasteiger charge is 2.48. The summed E-state index contributed by atoms with van der Waals surface area (Å²) in [7, 11) is 5.97. The predicted octanol–water partition coefficient (Wildman–Crippen LogP) is 3.31. The van der Waals surface area contributed by atoms with Crippen molar-refractivity contribution in [3.8, 4) is 28.1 Å². The molecular weight excluding hydrogens is 533 g/mol. The molecule has 7 nitrogen and oxygen atoms in total. The van der Waals surface area contributed by atoms with Gasteiger partial charge in [0, 0.05) is 17.5 Å². The van der Waals surface area contributed by atoms with E-state index in [0.29, 0.717) is 17.5 Å². The highest BCUT2D eigenvalue weighted by Crippen LogP contribution is 2.51. The number of ether oxygens (including phenoxy) is 1. The number of aromatic nitrogens is 4. The van der Waals surface area contributed by atoms with E-state index in [1.165, 1.54) is 6.07 Å². The molecular formula is C30H28B3F2N5O2. The van der Waals surface area contributed by atoms with Gasteiger partial charge in [-0.1, -0.05) is 36.4 Å². The van der Waals surface area contributed by atoms with E-state index in [1.807, 2.05) is 54.4 Å². The van der Waals surface area contributed by atoms with Crippen LogP contribution in [0.15, 0.2) is 60.7 Å². The number of carbonyl (C=O) groups is 1. The lowest BCUT2D eigenvalue weighted by Crippen LogP contribution is -2.54. The number of amides is 1. The van der Waals surface area contributed by atoms with E-state index in [-0.39, 0.29) is 23.7 Å². The lowest BCUT2D eigenvalue weighted by atomic mass is 9.48. The van der Waals surface area contributed by atoms with Crippen LogP contribution in [-0.2, 0) is 0 Å². The van der Waals surface area contributed by atoms with Crippen LogP contribution in [0, 0.1) is 13.8 Å². The average Bonchev–Trinajstić information content (AvgIpc) is 3.56. The molecule has 0 saturated heterocycles. The number of aryl methyl sites for hydroxylation is 2. The fourth-order valence-corrected chi connectivity index (χ4v) is 6.78. The number of hydrogen-bond acceptors (Lipinski definition) is 4. The number of H-pyrrole nitrogens is 1. The Hall–Kier alpha value is -4.34. The third kappa shape index (κ3) is 4.07. The zero-order valence-electron chi connectivity index (χ0n) is 24.1. The molecule has 208 valence electrons. The van der Waals surface area contributed by atoms with Gasteiger partial charge < -0.3 is 19.2 Å². The molecule has 3 aromatic carbocycles. The highest BCUT2D eigenvalue weighted by molar-refractivity contribution is 6.60.